The average Bonchev–Trinajstić information content (AvgIpc) is 2.52. The highest BCUT2D eigenvalue weighted by Crippen LogP contribution is 2.13. The Balaban J connectivity index is 0. The van der Waals surface area contributed by atoms with Gasteiger partial charge in [-0.2, -0.15) is 5.26 Å². The lowest BCUT2D eigenvalue weighted by atomic mass is 10.0. The summed E-state index contributed by atoms with van der Waals surface area (Å²) in [5, 5.41) is 8.48. The van der Waals surface area contributed by atoms with E-state index in [-0.39, 0.29) is 17.8 Å². The molecule has 1 unspecified atom stereocenters. The first-order chi connectivity index (χ1) is 10.7. The molecule has 0 spiro atoms. The van der Waals surface area contributed by atoms with E-state index in [9.17, 15) is 9.59 Å². The van der Waals surface area contributed by atoms with Crippen LogP contribution in [0.2, 0.25) is 0 Å². The minimum absolute atomic E-state index is 0.215. The van der Waals surface area contributed by atoms with E-state index < -0.39 is 0 Å². The van der Waals surface area contributed by atoms with Gasteiger partial charge in [-0.3, -0.25) is 9.59 Å². The number of ether oxygens (including phenoxy) is 1. The van der Waals surface area contributed by atoms with Crippen LogP contribution < -0.4 is 0 Å². The predicted molar refractivity (Wildman–Crippen MR) is 93.6 cm³/mol. The summed E-state index contributed by atoms with van der Waals surface area (Å²) in [6, 6.07) is 1.90. The van der Waals surface area contributed by atoms with Crippen molar-refractivity contribution in [1.29, 1.82) is 5.26 Å². The number of hydrogen-bond donors (Lipinski definition) is 0. The van der Waals surface area contributed by atoms with Crippen LogP contribution in [0, 0.1) is 23.2 Å². The van der Waals surface area contributed by atoms with Gasteiger partial charge < -0.3 is 4.74 Å². The number of carbonyl (C=O) groups is 2. The first kappa shape index (κ1) is 23.1. The van der Waals surface area contributed by atoms with Crippen molar-refractivity contribution in [3.05, 3.63) is 36.5 Å². The maximum Gasteiger partial charge on any atom is 0.308 e. The molecule has 0 N–H and O–H groups in total. The Hall–Kier alpha value is -2.15. The molecule has 23 heavy (non-hydrogen) atoms. The molecule has 0 radical (unpaired) electrons. The molecular formula is C19H29NO3. The molecule has 0 saturated carbocycles. The third-order valence-corrected chi connectivity index (χ3v) is 3.23. The van der Waals surface area contributed by atoms with Crippen LogP contribution in [0.4, 0.5) is 0 Å². The minimum atomic E-state index is -0.226. The maximum absolute atomic E-state index is 11.3. The Kier molecular flexibility index (Phi) is 13.6. The van der Waals surface area contributed by atoms with Crippen LogP contribution in [-0.4, -0.2) is 18.4 Å². The molecule has 0 amide bonds. The Bertz CT molecular complexity index is 483. The molecule has 0 fully saturated rings. The van der Waals surface area contributed by atoms with Gasteiger partial charge in [0, 0.05) is 11.5 Å². The quantitative estimate of drug-likeness (QED) is 0.378. The highest BCUT2D eigenvalue weighted by molar-refractivity contribution is 5.77. The van der Waals surface area contributed by atoms with Gasteiger partial charge >= 0.3 is 5.97 Å². The molecule has 0 aromatic carbocycles. The summed E-state index contributed by atoms with van der Waals surface area (Å²) < 4.78 is 4.88. The SMILES string of the molecule is C=C(C#N)/C=C\C(=C)CC(C)C(=O)OCC.CC[C@@H](C)C(C)=O. The zero-order valence-electron chi connectivity index (χ0n) is 15.0. The van der Waals surface area contributed by atoms with Crippen LogP contribution in [-0.2, 0) is 14.3 Å². The van der Waals surface area contributed by atoms with E-state index in [4.69, 9.17) is 10.00 Å². The second-order valence-electron chi connectivity index (χ2n) is 5.41. The number of esters is 1. The Morgan fingerprint density at radius 2 is 1.74 bits per heavy atom. The number of Topliss-reactive ketones (excluding diaryl/α,β-unsaturated/α-hetero) is 1. The lowest BCUT2D eigenvalue weighted by Gasteiger charge is -2.09. The second kappa shape index (κ2) is 13.5. The number of nitriles is 1. The number of carbonyl (C=O) groups excluding carboxylic acids is 2. The van der Waals surface area contributed by atoms with Crippen LogP contribution in [0.3, 0.4) is 0 Å². The van der Waals surface area contributed by atoms with Crippen LogP contribution in [0.25, 0.3) is 0 Å². The van der Waals surface area contributed by atoms with Crippen LogP contribution in [0.1, 0.15) is 47.5 Å². The Morgan fingerprint density at radius 1 is 1.17 bits per heavy atom. The van der Waals surface area contributed by atoms with Crippen molar-refractivity contribution in [2.45, 2.75) is 47.5 Å². The molecule has 128 valence electrons. The van der Waals surface area contributed by atoms with E-state index in [1.54, 1.807) is 32.9 Å². The van der Waals surface area contributed by atoms with Crippen molar-refractivity contribution in [3.8, 4) is 6.07 Å². The fourth-order valence-electron chi connectivity index (χ4n) is 1.37. The second-order valence-corrected chi connectivity index (χ2v) is 5.41. The molecule has 0 aromatic rings. The monoisotopic (exact) mass is 319 g/mol. The molecule has 2 atom stereocenters. The third-order valence-electron chi connectivity index (χ3n) is 3.23. The topological polar surface area (TPSA) is 67.2 Å². The van der Waals surface area contributed by atoms with E-state index in [1.165, 1.54) is 0 Å². The van der Waals surface area contributed by atoms with Gasteiger partial charge in [0.1, 0.15) is 5.78 Å². The largest absolute Gasteiger partial charge is 0.466 e. The normalized spacial score (nSPS) is 12.3. The molecule has 4 nitrogen and oxygen atoms in total. The van der Waals surface area contributed by atoms with Crippen LogP contribution in [0.15, 0.2) is 36.5 Å². The highest BCUT2D eigenvalue weighted by atomic mass is 16.5. The van der Waals surface area contributed by atoms with Crippen molar-refractivity contribution in [1.82, 2.24) is 0 Å². The van der Waals surface area contributed by atoms with Crippen LogP contribution in [0.5, 0.6) is 0 Å². The van der Waals surface area contributed by atoms with Gasteiger partial charge in [0.25, 0.3) is 0 Å². The van der Waals surface area contributed by atoms with Crippen molar-refractivity contribution in [2.75, 3.05) is 6.61 Å². The standard InChI is InChI=1S/C13H17NO2.C6H12O/c1-5-16-13(15)12(4)8-10(2)6-7-11(3)9-14;1-4-5(2)6(3)7/h6-7,12H,2-3,5,8H2,1,4H3;5H,4H2,1-3H3/b7-6-;/t;5-/m.1/s1. The summed E-state index contributed by atoms with van der Waals surface area (Å²) in [5.74, 6) is 0.117. The molecule has 0 aliphatic carbocycles. The van der Waals surface area contributed by atoms with Crippen molar-refractivity contribution in [2.24, 2.45) is 11.8 Å². The fourth-order valence-corrected chi connectivity index (χ4v) is 1.37. The summed E-state index contributed by atoms with van der Waals surface area (Å²) >= 11 is 0. The molecule has 4 heteroatoms. The molecular weight excluding hydrogens is 290 g/mol. The Morgan fingerprint density at radius 3 is 2.09 bits per heavy atom. The molecule has 0 rings (SSSR count). The van der Waals surface area contributed by atoms with Gasteiger partial charge in [-0.1, -0.05) is 45.6 Å². The van der Waals surface area contributed by atoms with Gasteiger partial charge in [0.2, 0.25) is 0 Å². The minimum Gasteiger partial charge on any atom is -0.466 e. The fraction of sp³-hybridized carbons (Fsp3) is 0.526. The summed E-state index contributed by atoms with van der Waals surface area (Å²) in [6.07, 6.45) is 4.77. The average molecular weight is 319 g/mol. The predicted octanol–water partition coefficient (Wildman–Crippen LogP) is 4.39. The lowest BCUT2D eigenvalue weighted by Crippen LogP contribution is -2.14. The summed E-state index contributed by atoms with van der Waals surface area (Å²) in [7, 11) is 0. The van der Waals surface area contributed by atoms with Gasteiger partial charge in [-0.15, -0.1) is 0 Å². The van der Waals surface area contributed by atoms with Crippen molar-refractivity contribution >= 4 is 11.8 Å². The van der Waals surface area contributed by atoms with Crippen molar-refractivity contribution in [3.63, 3.8) is 0 Å². The molecule has 0 aromatic heterocycles. The van der Waals surface area contributed by atoms with Gasteiger partial charge in [-0.05, 0) is 32.8 Å². The van der Waals surface area contributed by atoms with E-state index in [0.29, 0.717) is 24.4 Å². The zero-order valence-corrected chi connectivity index (χ0v) is 15.0. The molecule has 0 heterocycles. The Labute approximate surface area is 140 Å². The number of ketones is 1. The van der Waals surface area contributed by atoms with Gasteiger partial charge in [0.05, 0.1) is 18.6 Å². The molecule has 0 bridgehead atoms. The van der Waals surface area contributed by atoms with Gasteiger partial charge in [0.15, 0.2) is 0 Å². The van der Waals surface area contributed by atoms with Gasteiger partial charge in [-0.25, -0.2) is 0 Å². The smallest absolute Gasteiger partial charge is 0.308 e. The maximum atomic E-state index is 11.3. The highest BCUT2D eigenvalue weighted by Gasteiger charge is 2.13. The summed E-state index contributed by atoms with van der Waals surface area (Å²) in [4.78, 5) is 21.7. The molecule has 0 aliphatic rings. The van der Waals surface area contributed by atoms with Crippen LogP contribution >= 0.6 is 0 Å². The van der Waals surface area contributed by atoms with E-state index >= 15 is 0 Å². The number of rotatable bonds is 8. The van der Waals surface area contributed by atoms with Crippen molar-refractivity contribution < 1.29 is 14.3 Å². The number of hydrogen-bond acceptors (Lipinski definition) is 4. The lowest BCUT2D eigenvalue weighted by molar-refractivity contribution is -0.147. The van der Waals surface area contributed by atoms with E-state index in [0.717, 1.165) is 12.0 Å². The summed E-state index contributed by atoms with van der Waals surface area (Å²) in [5.41, 5.74) is 1.14. The zero-order chi connectivity index (χ0) is 18.4. The first-order valence-electron chi connectivity index (χ1n) is 7.81. The first-order valence-corrected chi connectivity index (χ1v) is 7.81. The van der Waals surface area contributed by atoms with E-state index in [1.807, 2.05) is 19.9 Å². The molecule has 0 saturated heterocycles. The third kappa shape index (κ3) is 13.2. The van der Waals surface area contributed by atoms with E-state index in [2.05, 4.69) is 13.2 Å². The number of nitrogens with zero attached hydrogens (tertiary/aromatic N) is 1. The number of allylic oxidation sites excluding steroid dienone is 4. The summed E-state index contributed by atoms with van der Waals surface area (Å²) in [6.45, 7) is 16.9. The molecule has 0 aliphatic heterocycles.